The van der Waals surface area contributed by atoms with Crippen LogP contribution in [-0.2, 0) is 0 Å². The Bertz CT molecular complexity index is 397. The van der Waals surface area contributed by atoms with E-state index in [2.05, 4.69) is 4.90 Å². The summed E-state index contributed by atoms with van der Waals surface area (Å²) in [7, 11) is 0. The summed E-state index contributed by atoms with van der Waals surface area (Å²) < 4.78 is 18.8. The fourth-order valence-corrected chi connectivity index (χ4v) is 3.02. The second kappa shape index (κ2) is 5.27. The van der Waals surface area contributed by atoms with E-state index in [0.717, 1.165) is 19.1 Å². The molecule has 3 heteroatoms. The van der Waals surface area contributed by atoms with Crippen molar-refractivity contribution in [2.75, 3.05) is 13.1 Å². The highest BCUT2D eigenvalue weighted by Crippen LogP contribution is 2.27. The molecule has 0 atom stereocenters. The highest BCUT2D eigenvalue weighted by molar-refractivity contribution is 5.23. The van der Waals surface area contributed by atoms with E-state index < -0.39 is 0 Å². The molecule has 98 valence electrons. The van der Waals surface area contributed by atoms with Crippen molar-refractivity contribution in [1.29, 1.82) is 0 Å². The Labute approximate surface area is 108 Å². The molecule has 0 bridgehead atoms. The summed E-state index contributed by atoms with van der Waals surface area (Å²) >= 11 is 0. The maximum absolute atomic E-state index is 13.0. The van der Waals surface area contributed by atoms with Gasteiger partial charge in [-0.2, -0.15) is 0 Å². The van der Waals surface area contributed by atoms with Crippen molar-refractivity contribution in [3.8, 4) is 5.75 Å². The van der Waals surface area contributed by atoms with Crippen LogP contribution < -0.4 is 4.74 Å². The van der Waals surface area contributed by atoms with Crippen LogP contribution >= 0.6 is 0 Å². The highest BCUT2D eigenvalue weighted by atomic mass is 19.1. The van der Waals surface area contributed by atoms with Gasteiger partial charge in [0.05, 0.1) is 0 Å². The summed E-state index contributed by atoms with van der Waals surface area (Å²) in [6.07, 6.45) is 7.06. The molecule has 2 nitrogen and oxygen atoms in total. The van der Waals surface area contributed by atoms with E-state index in [1.54, 1.807) is 6.07 Å². The lowest BCUT2D eigenvalue weighted by Gasteiger charge is -2.45. The predicted molar refractivity (Wildman–Crippen MR) is 69.3 cm³/mol. The predicted octanol–water partition coefficient (Wildman–Crippen LogP) is 3.22. The van der Waals surface area contributed by atoms with E-state index >= 15 is 0 Å². The zero-order valence-electron chi connectivity index (χ0n) is 10.6. The van der Waals surface area contributed by atoms with Crippen LogP contribution in [0.25, 0.3) is 0 Å². The SMILES string of the molecule is Fc1cccc(OC2CN(C3CCCCC3)C2)c1. The molecule has 0 radical (unpaired) electrons. The van der Waals surface area contributed by atoms with Crippen LogP contribution in [0, 0.1) is 5.82 Å². The largest absolute Gasteiger partial charge is 0.488 e. The van der Waals surface area contributed by atoms with Crippen LogP contribution in [-0.4, -0.2) is 30.1 Å². The van der Waals surface area contributed by atoms with Gasteiger partial charge >= 0.3 is 0 Å². The first-order valence-electron chi connectivity index (χ1n) is 6.97. The number of hydrogen-bond donors (Lipinski definition) is 0. The van der Waals surface area contributed by atoms with Crippen molar-refractivity contribution in [1.82, 2.24) is 4.90 Å². The smallest absolute Gasteiger partial charge is 0.126 e. The molecular weight excluding hydrogens is 229 g/mol. The van der Waals surface area contributed by atoms with Gasteiger partial charge in [-0.1, -0.05) is 25.3 Å². The first kappa shape index (κ1) is 12.0. The summed E-state index contributed by atoms with van der Waals surface area (Å²) in [5.41, 5.74) is 0. The Hall–Kier alpha value is -1.09. The molecule has 0 N–H and O–H groups in total. The van der Waals surface area contributed by atoms with Crippen molar-refractivity contribution in [2.24, 2.45) is 0 Å². The van der Waals surface area contributed by atoms with E-state index in [1.165, 1.54) is 44.2 Å². The Morgan fingerprint density at radius 1 is 1.11 bits per heavy atom. The van der Waals surface area contributed by atoms with Gasteiger partial charge in [-0.3, -0.25) is 4.90 Å². The normalized spacial score (nSPS) is 22.7. The highest BCUT2D eigenvalue weighted by Gasteiger charge is 2.34. The summed E-state index contributed by atoms with van der Waals surface area (Å²) in [4.78, 5) is 2.52. The van der Waals surface area contributed by atoms with Crippen LogP contribution in [0.15, 0.2) is 24.3 Å². The Morgan fingerprint density at radius 3 is 2.61 bits per heavy atom. The number of benzene rings is 1. The Morgan fingerprint density at radius 2 is 1.89 bits per heavy atom. The third-order valence-electron chi connectivity index (χ3n) is 4.07. The first-order valence-corrected chi connectivity index (χ1v) is 6.97. The van der Waals surface area contributed by atoms with Crippen molar-refractivity contribution >= 4 is 0 Å². The summed E-state index contributed by atoms with van der Waals surface area (Å²) in [6.45, 7) is 2.00. The van der Waals surface area contributed by atoms with Gasteiger partial charge in [-0.15, -0.1) is 0 Å². The molecular formula is C15H20FNO. The average Bonchev–Trinajstić information content (AvgIpc) is 2.34. The number of hydrogen-bond acceptors (Lipinski definition) is 2. The molecule has 1 aliphatic carbocycles. The third kappa shape index (κ3) is 2.66. The number of nitrogens with zero attached hydrogens (tertiary/aromatic N) is 1. The minimum Gasteiger partial charge on any atom is -0.488 e. The second-order valence-electron chi connectivity index (χ2n) is 5.44. The van der Waals surface area contributed by atoms with Gasteiger partial charge in [0, 0.05) is 25.2 Å². The zero-order valence-corrected chi connectivity index (χ0v) is 10.6. The van der Waals surface area contributed by atoms with Crippen molar-refractivity contribution in [3.05, 3.63) is 30.1 Å². The molecule has 1 saturated heterocycles. The lowest BCUT2D eigenvalue weighted by molar-refractivity contribution is -0.0188. The molecule has 1 aromatic carbocycles. The van der Waals surface area contributed by atoms with Gasteiger partial charge in [0.15, 0.2) is 0 Å². The Kier molecular flexibility index (Phi) is 3.50. The van der Waals surface area contributed by atoms with Crippen LogP contribution in [0.1, 0.15) is 32.1 Å². The van der Waals surface area contributed by atoms with Gasteiger partial charge < -0.3 is 4.74 Å². The van der Waals surface area contributed by atoms with Crippen molar-refractivity contribution in [3.63, 3.8) is 0 Å². The summed E-state index contributed by atoms with van der Waals surface area (Å²) in [5, 5.41) is 0. The fourth-order valence-electron chi connectivity index (χ4n) is 3.02. The first-order chi connectivity index (χ1) is 8.81. The molecule has 0 unspecified atom stereocenters. The molecule has 1 aromatic rings. The molecule has 0 amide bonds. The fraction of sp³-hybridized carbons (Fsp3) is 0.600. The third-order valence-corrected chi connectivity index (χ3v) is 4.07. The number of rotatable bonds is 3. The van der Waals surface area contributed by atoms with E-state index in [9.17, 15) is 4.39 Å². The molecule has 0 aromatic heterocycles. The quantitative estimate of drug-likeness (QED) is 0.815. The van der Waals surface area contributed by atoms with Gasteiger partial charge in [0.25, 0.3) is 0 Å². The van der Waals surface area contributed by atoms with Gasteiger partial charge in [-0.05, 0) is 25.0 Å². The number of ether oxygens (including phenoxy) is 1. The van der Waals surface area contributed by atoms with Crippen molar-refractivity contribution in [2.45, 2.75) is 44.2 Å². The molecule has 1 aliphatic heterocycles. The van der Waals surface area contributed by atoms with Crippen LogP contribution in [0.5, 0.6) is 5.75 Å². The topological polar surface area (TPSA) is 12.5 Å². The van der Waals surface area contributed by atoms with Crippen LogP contribution in [0.3, 0.4) is 0 Å². The lowest BCUT2D eigenvalue weighted by atomic mass is 9.92. The molecule has 3 rings (SSSR count). The second-order valence-corrected chi connectivity index (χ2v) is 5.44. The summed E-state index contributed by atoms with van der Waals surface area (Å²) in [5.74, 6) is 0.430. The molecule has 2 fully saturated rings. The monoisotopic (exact) mass is 249 g/mol. The van der Waals surface area contributed by atoms with Gasteiger partial charge in [0.2, 0.25) is 0 Å². The van der Waals surface area contributed by atoms with Crippen LogP contribution in [0.4, 0.5) is 4.39 Å². The maximum atomic E-state index is 13.0. The summed E-state index contributed by atoms with van der Waals surface area (Å²) in [6, 6.07) is 7.20. The minimum absolute atomic E-state index is 0.226. The molecule has 1 saturated carbocycles. The lowest BCUT2D eigenvalue weighted by Crippen LogP contribution is -2.58. The minimum atomic E-state index is -0.226. The zero-order chi connectivity index (χ0) is 12.4. The van der Waals surface area contributed by atoms with Crippen molar-refractivity contribution < 1.29 is 9.13 Å². The standard InChI is InChI=1S/C15H20FNO/c16-12-5-4-8-14(9-12)18-15-10-17(11-15)13-6-2-1-3-7-13/h4-5,8-9,13,15H,1-3,6-7,10-11H2. The Balaban J connectivity index is 1.47. The average molecular weight is 249 g/mol. The molecule has 18 heavy (non-hydrogen) atoms. The van der Waals surface area contributed by atoms with E-state index in [-0.39, 0.29) is 11.9 Å². The molecule has 1 heterocycles. The van der Waals surface area contributed by atoms with Crippen LogP contribution in [0.2, 0.25) is 0 Å². The van der Waals surface area contributed by atoms with E-state index in [1.807, 2.05) is 6.07 Å². The van der Waals surface area contributed by atoms with E-state index in [0.29, 0.717) is 5.75 Å². The maximum Gasteiger partial charge on any atom is 0.126 e. The molecule has 0 spiro atoms. The number of likely N-dealkylation sites (tertiary alicyclic amines) is 1. The molecule has 2 aliphatic rings. The van der Waals surface area contributed by atoms with E-state index in [4.69, 9.17) is 4.74 Å². The van der Waals surface area contributed by atoms with Gasteiger partial charge in [0.1, 0.15) is 17.7 Å². The number of halogens is 1. The van der Waals surface area contributed by atoms with Gasteiger partial charge in [-0.25, -0.2) is 4.39 Å².